The van der Waals surface area contributed by atoms with E-state index < -0.39 is 0 Å². The summed E-state index contributed by atoms with van der Waals surface area (Å²) in [7, 11) is 0. The summed E-state index contributed by atoms with van der Waals surface area (Å²) in [6.07, 6.45) is 2.62. The van der Waals surface area contributed by atoms with E-state index in [1.807, 2.05) is 12.1 Å². The number of halogens is 2. The van der Waals surface area contributed by atoms with Crippen LogP contribution < -0.4 is 5.32 Å². The Bertz CT molecular complexity index is 607. The lowest BCUT2D eigenvalue weighted by molar-refractivity contribution is 0.427. The lowest BCUT2D eigenvalue weighted by atomic mass is 9.99. The van der Waals surface area contributed by atoms with E-state index in [9.17, 15) is 0 Å². The van der Waals surface area contributed by atoms with E-state index in [4.69, 9.17) is 11.6 Å². The Kier molecular flexibility index (Phi) is 4.68. The largest absolute Gasteiger partial charge is 0.303 e. The van der Waals surface area contributed by atoms with E-state index in [2.05, 4.69) is 64.6 Å². The maximum Gasteiger partial charge on any atom is 0.0406 e. The van der Waals surface area contributed by atoms with Gasteiger partial charge in [-0.3, -0.25) is 0 Å². The third-order valence-corrected chi connectivity index (χ3v) is 5.10. The highest BCUT2D eigenvalue weighted by atomic mass is 79.9. The van der Waals surface area contributed by atoms with Crippen molar-refractivity contribution in [2.24, 2.45) is 5.92 Å². The van der Waals surface area contributed by atoms with Gasteiger partial charge in [0.05, 0.1) is 0 Å². The molecule has 0 heterocycles. The van der Waals surface area contributed by atoms with E-state index in [0.717, 1.165) is 15.4 Å². The van der Waals surface area contributed by atoms with E-state index in [0.29, 0.717) is 12.1 Å². The van der Waals surface area contributed by atoms with Gasteiger partial charge in [-0.05, 0) is 55.0 Å². The predicted molar refractivity (Wildman–Crippen MR) is 92.6 cm³/mol. The van der Waals surface area contributed by atoms with Crippen LogP contribution in [0, 0.1) is 5.92 Å². The Morgan fingerprint density at radius 1 is 1.10 bits per heavy atom. The fourth-order valence-corrected chi connectivity index (χ4v) is 3.54. The van der Waals surface area contributed by atoms with Gasteiger partial charge in [0.1, 0.15) is 0 Å². The van der Waals surface area contributed by atoms with Crippen molar-refractivity contribution in [2.45, 2.75) is 31.8 Å². The Hall–Kier alpha value is -0.830. The summed E-state index contributed by atoms with van der Waals surface area (Å²) < 4.78 is 1.16. The van der Waals surface area contributed by atoms with Crippen LogP contribution in [0.4, 0.5) is 0 Å². The molecule has 2 aromatic carbocycles. The highest BCUT2D eigenvalue weighted by molar-refractivity contribution is 9.10. The average Bonchev–Trinajstić information content (AvgIpc) is 3.31. The lowest BCUT2D eigenvalue weighted by Crippen LogP contribution is -2.26. The predicted octanol–water partition coefficient (Wildman–Crippen LogP) is 5.90. The van der Waals surface area contributed by atoms with Crippen LogP contribution in [-0.4, -0.2) is 0 Å². The Morgan fingerprint density at radius 2 is 1.76 bits per heavy atom. The summed E-state index contributed by atoms with van der Waals surface area (Å²) in [5.74, 6) is 0.746. The van der Waals surface area contributed by atoms with Crippen molar-refractivity contribution >= 4 is 27.5 Å². The van der Waals surface area contributed by atoms with Crippen molar-refractivity contribution in [3.8, 4) is 0 Å². The van der Waals surface area contributed by atoms with Crippen molar-refractivity contribution in [1.82, 2.24) is 5.32 Å². The molecule has 0 aliphatic heterocycles. The summed E-state index contributed by atoms with van der Waals surface area (Å²) in [5, 5.41) is 4.60. The highest BCUT2D eigenvalue weighted by Gasteiger charge is 2.33. The van der Waals surface area contributed by atoms with Crippen molar-refractivity contribution < 1.29 is 0 Å². The topological polar surface area (TPSA) is 12.0 Å². The summed E-state index contributed by atoms with van der Waals surface area (Å²) in [6.45, 7) is 2.23. The number of benzene rings is 2. The van der Waals surface area contributed by atoms with Gasteiger partial charge in [0.2, 0.25) is 0 Å². The second kappa shape index (κ2) is 6.51. The van der Waals surface area contributed by atoms with Gasteiger partial charge in [-0.1, -0.05) is 57.9 Å². The van der Waals surface area contributed by atoms with Gasteiger partial charge in [-0.2, -0.15) is 0 Å². The summed E-state index contributed by atoms with van der Waals surface area (Å²) >= 11 is 9.66. The molecule has 1 nitrogen and oxygen atoms in total. The van der Waals surface area contributed by atoms with Crippen LogP contribution in [0.25, 0.3) is 0 Å². The third kappa shape index (κ3) is 3.68. The van der Waals surface area contributed by atoms with Crippen LogP contribution in [0.5, 0.6) is 0 Å². The minimum Gasteiger partial charge on any atom is -0.303 e. The molecule has 2 aromatic rings. The zero-order valence-electron chi connectivity index (χ0n) is 12.0. The van der Waals surface area contributed by atoms with Gasteiger partial charge in [-0.25, -0.2) is 0 Å². The van der Waals surface area contributed by atoms with Gasteiger partial charge in [0, 0.05) is 21.6 Å². The van der Waals surface area contributed by atoms with Crippen molar-refractivity contribution in [3.63, 3.8) is 0 Å². The summed E-state index contributed by atoms with van der Waals surface area (Å²) in [5.41, 5.74) is 2.64. The van der Waals surface area contributed by atoms with E-state index in [1.54, 1.807) is 0 Å². The first-order valence-electron chi connectivity index (χ1n) is 7.41. The minimum absolute atomic E-state index is 0.307. The molecular weight excluding hydrogens is 346 g/mol. The van der Waals surface area contributed by atoms with E-state index >= 15 is 0 Å². The molecule has 2 atom stereocenters. The van der Waals surface area contributed by atoms with Crippen LogP contribution in [-0.2, 0) is 0 Å². The van der Waals surface area contributed by atoms with Crippen LogP contribution >= 0.6 is 27.5 Å². The zero-order valence-corrected chi connectivity index (χ0v) is 14.4. The number of rotatable bonds is 5. The van der Waals surface area contributed by atoms with Gasteiger partial charge in [0.25, 0.3) is 0 Å². The Labute approximate surface area is 139 Å². The number of nitrogens with one attached hydrogen (secondary N) is 1. The molecule has 2 unspecified atom stereocenters. The SMILES string of the molecule is CC(NC(c1ccc(Cl)cc1)C1CC1)c1ccccc1Br. The first kappa shape index (κ1) is 15.1. The Morgan fingerprint density at radius 3 is 2.38 bits per heavy atom. The molecule has 21 heavy (non-hydrogen) atoms. The molecule has 1 aliphatic rings. The molecule has 3 heteroatoms. The second-order valence-corrected chi connectivity index (χ2v) is 7.07. The molecule has 110 valence electrons. The molecule has 0 spiro atoms. The molecule has 0 radical (unpaired) electrons. The van der Waals surface area contributed by atoms with E-state index in [-0.39, 0.29) is 0 Å². The molecule has 0 aromatic heterocycles. The van der Waals surface area contributed by atoms with Crippen molar-refractivity contribution in [2.75, 3.05) is 0 Å². The molecule has 1 saturated carbocycles. The average molecular weight is 365 g/mol. The molecule has 0 amide bonds. The first-order valence-corrected chi connectivity index (χ1v) is 8.58. The summed E-state index contributed by atoms with van der Waals surface area (Å²) in [6, 6.07) is 17.4. The molecular formula is C18H19BrClN. The minimum atomic E-state index is 0.307. The second-order valence-electron chi connectivity index (χ2n) is 5.78. The number of hydrogen-bond donors (Lipinski definition) is 1. The monoisotopic (exact) mass is 363 g/mol. The fourth-order valence-electron chi connectivity index (χ4n) is 2.79. The molecule has 3 rings (SSSR count). The van der Waals surface area contributed by atoms with Gasteiger partial charge in [0.15, 0.2) is 0 Å². The molecule has 1 N–H and O–H groups in total. The first-order chi connectivity index (χ1) is 10.1. The third-order valence-electron chi connectivity index (χ3n) is 4.12. The van der Waals surface area contributed by atoms with Gasteiger partial charge in [-0.15, -0.1) is 0 Å². The Balaban J connectivity index is 1.79. The smallest absolute Gasteiger partial charge is 0.0406 e. The van der Waals surface area contributed by atoms with Crippen LogP contribution in [0.2, 0.25) is 5.02 Å². The number of hydrogen-bond acceptors (Lipinski definition) is 1. The lowest BCUT2D eigenvalue weighted by Gasteiger charge is -2.25. The molecule has 0 saturated heterocycles. The quantitative estimate of drug-likeness (QED) is 0.696. The molecule has 1 fully saturated rings. The van der Waals surface area contributed by atoms with Crippen molar-refractivity contribution in [3.05, 3.63) is 69.2 Å². The molecule has 0 bridgehead atoms. The maximum atomic E-state index is 6.01. The van der Waals surface area contributed by atoms with Crippen molar-refractivity contribution in [1.29, 1.82) is 0 Å². The maximum absolute atomic E-state index is 6.01. The van der Waals surface area contributed by atoms with E-state index in [1.165, 1.54) is 24.0 Å². The zero-order chi connectivity index (χ0) is 14.8. The highest BCUT2D eigenvalue weighted by Crippen LogP contribution is 2.42. The normalized spacial score (nSPS) is 17.5. The fraction of sp³-hybridized carbons (Fsp3) is 0.333. The van der Waals surface area contributed by atoms with Gasteiger partial charge < -0.3 is 5.32 Å². The van der Waals surface area contributed by atoms with Crippen LogP contribution in [0.1, 0.15) is 43.0 Å². The van der Waals surface area contributed by atoms with Crippen LogP contribution in [0.15, 0.2) is 53.0 Å². The standard InChI is InChI=1S/C18H19BrClN/c1-12(16-4-2-3-5-17(16)19)21-18(13-6-7-13)14-8-10-15(20)11-9-14/h2-5,8-13,18,21H,6-7H2,1H3. The summed E-state index contributed by atoms with van der Waals surface area (Å²) in [4.78, 5) is 0. The molecule has 1 aliphatic carbocycles. The van der Waals surface area contributed by atoms with Gasteiger partial charge >= 0.3 is 0 Å². The van der Waals surface area contributed by atoms with Crippen LogP contribution in [0.3, 0.4) is 0 Å².